The number of amides is 2. The molecule has 0 heterocycles. The molecule has 0 fully saturated rings. The number of anilines is 2. The van der Waals surface area contributed by atoms with Gasteiger partial charge in [0, 0.05) is 22.5 Å². The molecule has 3 aromatic carbocycles. The van der Waals surface area contributed by atoms with Crippen molar-refractivity contribution in [3.8, 4) is 5.75 Å². The molecule has 0 aliphatic rings. The van der Waals surface area contributed by atoms with E-state index < -0.39 is 0 Å². The Morgan fingerprint density at radius 3 is 1.93 bits per heavy atom. The Bertz CT molecular complexity index is 953. The monoisotopic (exact) mass is 388 g/mol. The van der Waals surface area contributed by atoms with Crippen molar-refractivity contribution < 1.29 is 14.3 Å². The summed E-state index contributed by atoms with van der Waals surface area (Å²) in [6.45, 7) is 2.78. The molecule has 0 aliphatic carbocycles. The van der Waals surface area contributed by atoms with Gasteiger partial charge in [-0.25, -0.2) is 0 Å². The lowest BCUT2D eigenvalue weighted by atomic mass is 10.2. The quantitative estimate of drug-likeness (QED) is 0.510. The van der Waals surface area contributed by atoms with Gasteiger partial charge in [0.05, 0.1) is 6.61 Å². The highest BCUT2D eigenvalue weighted by Crippen LogP contribution is 2.18. The molecular formula is C24H24N2O3. The summed E-state index contributed by atoms with van der Waals surface area (Å²) < 4.78 is 5.62. The molecular weight excluding hydrogens is 364 g/mol. The van der Waals surface area contributed by atoms with E-state index in [1.54, 1.807) is 60.7 Å². The number of ether oxygens (including phenoxy) is 1. The van der Waals surface area contributed by atoms with Gasteiger partial charge in [-0.2, -0.15) is 0 Å². The van der Waals surface area contributed by atoms with Gasteiger partial charge < -0.3 is 15.4 Å². The molecule has 2 amide bonds. The highest BCUT2D eigenvalue weighted by atomic mass is 16.5. The van der Waals surface area contributed by atoms with E-state index in [1.165, 1.54) is 0 Å². The SMILES string of the molecule is CCCCOc1ccc(C(=O)Nc2cccc(NC(=O)c3ccccc3)c2)cc1. The third-order valence-corrected chi connectivity index (χ3v) is 4.30. The molecule has 5 heteroatoms. The average molecular weight is 388 g/mol. The van der Waals surface area contributed by atoms with Gasteiger partial charge >= 0.3 is 0 Å². The van der Waals surface area contributed by atoms with E-state index in [4.69, 9.17) is 4.74 Å². The van der Waals surface area contributed by atoms with Crippen molar-refractivity contribution in [2.45, 2.75) is 19.8 Å². The van der Waals surface area contributed by atoms with Gasteiger partial charge in [0.25, 0.3) is 11.8 Å². The molecule has 0 radical (unpaired) electrons. The number of hydrogen-bond acceptors (Lipinski definition) is 3. The number of benzene rings is 3. The predicted molar refractivity (Wildman–Crippen MR) is 116 cm³/mol. The number of hydrogen-bond donors (Lipinski definition) is 2. The first-order valence-electron chi connectivity index (χ1n) is 9.66. The fourth-order valence-corrected chi connectivity index (χ4v) is 2.71. The lowest BCUT2D eigenvalue weighted by Crippen LogP contribution is -2.14. The Labute approximate surface area is 170 Å². The van der Waals surface area contributed by atoms with Crippen LogP contribution in [0.3, 0.4) is 0 Å². The number of nitrogens with one attached hydrogen (secondary N) is 2. The minimum atomic E-state index is -0.225. The van der Waals surface area contributed by atoms with E-state index in [9.17, 15) is 9.59 Å². The van der Waals surface area contributed by atoms with Gasteiger partial charge in [0.15, 0.2) is 0 Å². The maximum Gasteiger partial charge on any atom is 0.255 e. The zero-order valence-electron chi connectivity index (χ0n) is 16.4. The summed E-state index contributed by atoms with van der Waals surface area (Å²) >= 11 is 0. The molecule has 3 aromatic rings. The fraction of sp³-hybridized carbons (Fsp3) is 0.167. The molecule has 0 saturated heterocycles. The van der Waals surface area contributed by atoms with Gasteiger partial charge in [-0.15, -0.1) is 0 Å². The van der Waals surface area contributed by atoms with Crippen molar-refractivity contribution in [2.75, 3.05) is 17.2 Å². The van der Waals surface area contributed by atoms with Crippen molar-refractivity contribution in [3.05, 3.63) is 90.0 Å². The van der Waals surface area contributed by atoms with Crippen LogP contribution in [0.5, 0.6) is 5.75 Å². The highest BCUT2D eigenvalue weighted by molar-refractivity contribution is 6.06. The normalized spacial score (nSPS) is 10.2. The summed E-state index contributed by atoms with van der Waals surface area (Å²) in [6, 6.07) is 23.1. The Balaban J connectivity index is 1.60. The van der Waals surface area contributed by atoms with E-state index in [1.807, 2.05) is 18.2 Å². The summed E-state index contributed by atoms with van der Waals surface area (Å²) in [5.41, 5.74) is 2.32. The van der Waals surface area contributed by atoms with Gasteiger partial charge in [-0.05, 0) is 61.0 Å². The van der Waals surface area contributed by atoms with Crippen LogP contribution in [0.2, 0.25) is 0 Å². The van der Waals surface area contributed by atoms with Crippen molar-refractivity contribution in [3.63, 3.8) is 0 Å². The first kappa shape index (κ1) is 20.1. The largest absolute Gasteiger partial charge is 0.494 e. The van der Waals surface area contributed by atoms with Crippen molar-refractivity contribution >= 4 is 23.2 Å². The van der Waals surface area contributed by atoms with Crippen LogP contribution >= 0.6 is 0 Å². The Morgan fingerprint density at radius 1 is 0.759 bits per heavy atom. The smallest absolute Gasteiger partial charge is 0.255 e. The van der Waals surface area contributed by atoms with Crippen LogP contribution in [-0.2, 0) is 0 Å². The highest BCUT2D eigenvalue weighted by Gasteiger charge is 2.09. The molecule has 0 aliphatic heterocycles. The molecule has 5 nitrogen and oxygen atoms in total. The lowest BCUT2D eigenvalue weighted by Gasteiger charge is -2.10. The van der Waals surface area contributed by atoms with Gasteiger partial charge in [-0.1, -0.05) is 37.6 Å². The molecule has 2 N–H and O–H groups in total. The van der Waals surface area contributed by atoms with Crippen LogP contribution in [0.1, 0.15) is 40.5 Å². The zero-order valence-corrected chi connectivity index (χ0v) is 16.4. The molecule has 0 spiro atoms. The van der Waals surface area contributed by atoms with E-state index in [0.717, 1.165) is 18.6 Å². The molecule has 0 bridgehead atoms. The van der Waals surface area contributed by atoms with Crippen molar-refractivity contribution in [1.29, 1.82) is 0 Å². The number of unbranched alkanes of at least 4 members (excludes halogenated alkanes) is 1. The van der Waals surface area contributed by atoms with E-state index in [2.05, 4.69) is 17.6 Å². The maximum atomic E-state index is 12.5. The van der Waals surface area contributed by atoms with Crippen LogP contribution in [0.15, 0.2) is 78.9 Å². The Kier molecular flexibility index (Phi) is 7.00. The standard InChI is InChI=1S/C24H24N2O3/c1-2-3-16-29-22-14-12-19(13-15-22)24(28)26-21-11-7-10-20(17-21)25-23(27)18-8-5-4-6-9-18/h4-15,17H,2-3,16H2,1H3,(H,25,27)(H,26,28). The van der Waals surface area contributed by atoms with Gasteiger partial charge in [-0.3, -0.25) is 9.59 Å². The van der Waals surface area contributed by atoms with E-state index >= 15 is 0 Å². The zero-order chi connectivity index (χ0) is 20.5. The number of carbonyl (C=O) groups excluding carboxylic acids is 2. The molecule has 0 unspecified atom stereocenters. The molecule has 0 atom stereocenters. The summed E-state index contributed by atoms with van der Waals surface area (Å²) in [5.74, 6) is 0.324. The summed E-state index contributed by atoms with van der Waals surface area (Å²) in [5, 5.41) is 5.69. The van der Waals surface area contributed by atoms with Gasteiger partial charge in [0.2, 0.25) is 0 Å². The minimum Gasteiger partial charge on any atom is -0.494 e. The molecule has 0 saturated carbocycles. The summed E-state index contributed by atoms with van der Waals surface area (Å²) in [4.78, 5) is 24.8. The van der Waals surface area contributed by atoms with Crippen LogP contribution in [-0.4, -0.2) is 18.4 Å². The molecule has 148 valence electrons. The van der Waals surface area contributed by atoms with Crippen molar-refractivity contribution in [1.82, 2.24) is 0 Å². The molecule has 0 aromatic heterocycles. The predicted octanol–water partition coefficient (Wildman–Crippen LogP) is 5.37. The summed E-state index contributed by atoms with van der Waals surface area (Å²) in [6.07, 6.45) is 2.07. The van der Waals surface area contributed by atoms with E-state index in [-0.39, 0.29) is 11.8 Å². The van der Waals surface area contributed by atoms with Crippen molar-refractivity contribution in [2.24, 2.45) is 0 Å². The van der Waals surface area contributed by atoms with Crippen LogP contribution in [0.25, 0.3) is 0 Å². The molecule has 3 rings (SSSR count). The topological polar surface area (TPSA) is 67.4 Å². The Morgan fingerprint density at radius 2 is 1.34 bits per heavy atom. The minimum absolute atomic E-state index is 0.201. The Hall–Kier alpha value is -3.60. The van der Waals surface area contributed by atoms with Crippen LogP contribution < -0.4 is 15.4 Å². The second-order valence-electron chi connectivity index (χ2n) is 6.58. The lowest BCUT2D eigenvalue weighted by molar-refractivity contribution is 0.101. The number of carbonyl (C=O) groups is 2. The second-order valence-corrected chi connectivity index (χ2v) is 6.58. The second kappa shape index (κ2) is 10.1. The van der Waals surface area contributed by atoms with E-state index in [0.29, 0.717) is 29.1 Å². The fourth-order valence-electron chi connectivity index (χ4n) is 2.71. The third kappa shape index (κ3) is 5.94. The van der Waals surface area contributed by atoms with Gasteiger partial charge in [0.1, 0.15) is 5.75 Å². The number of rotatable bonds is 8. The first-order chi connectivity index (χ1) is 14.2. The molecule has 29 heavy (non-hydrogen) atoms. The maximum absolute atomic E-state index is 12.5. The summed E-state index contributed by atoms with van der Waals surface area (Å²) in [7, 11) is 0. The average Bonchev–Trinajstić information content (AvgIpc) is 2.75. The first-order valence-corrected chi connectivity index (χ1v) is 9.66. The third-order valence-electron chi connectivity index (χ3n) is 4.30. The van der Waals surface area contributed by atoms with Crippen LogP contribution in [0.4, 0.5) is 11.4 Å². The van der Waals surface area contributed by atoms with Crippen LogP contribution in [0, 0.1) is 0 Å².